The van der Waals surface area contributed by atoms with Crippen molar-refractivity contribution in [3.63, 3.8) is 0 Å². The van der Waals surface area contributed by atoms with Crippen molar-refractivity contribution in [2.75, 3.05) is 38.6 Å². The number of sulfonamides is 1. The summed E-state index contributed by atoms with van der Waals surface area (Å²) in [5, 5.41) is 0.353. The van der Waals surface area contributed by atoms with Crippen LogP contribution in [0.1, 0.15) is 11.1 Å². The van der Waals surface area contributed by atoms with Crippen molar-refractivity contribution >= 4 is 38.8 Å². The zero-order chi connectivity index (χ0) is 22.1. The molecule has 0 spiro atoms. The lowest BCUT2D eigenvalue weighted by Crippen LogP contribution is -2.40. The van der Waals surface area contributed by atoms with Crippen LogP contribution in [0.4, 0.5) is 0 Å². The molecule has 32 heavy (non-hydrogen) atoms. The predicted octanol–water partition coefficient (Wildman–Crippen LogP) is 2.53. The molecule has 0 atom stereocenters. The minimum absolute atomic E-state index is 0.0299. The molecule has 8 nitrogen and oxygen atoms in total. The summed E-state index contributed by atoms with van der Waals surface area (Å²) in [6.45, 7) is 2.77. The average molecular weight is 474 g/mol. The fourth-order valence-electron chi connectivity index (χ4n) is 3.97. The van der Waals surface area contributed by atoms with Gasteiger partial charge < -0.3 is 14.1 Å². The number of ether oxygens (including phenoxy) is 1. The summed E-state index contributed by atoms with van der Waals surface area (Å²) in [5.41, 5.74) is 3.44. The highest BCUT2D eigenvalue weighted by Crippen LogP contribution is 2.28. The highest BCUT2D eigenvalue weighted by Gasteiger charge is 2.27. The molecule has 168 valence electrons. The van der Waals surface area contributed by atoms with Crippen molar-refractivity contribution in [3.05, 3.63) is 53.6 Å². The summed E-state index contributed by atoms with van der Waals surface area (Å²) in [7, 11) is -3.60. The van der Waals surface area contributed by atoms with E-state index >= 15 is 0 Å². The van der Waals surface area contributed by atoms with Gasteiger partial charge in [0.05, 0.1) is 23.9 Å². The maximum absolute atomic E-state index is 12.9. The molecule has 2 aromatic carbocycles. The Kier molecular flexibility index (Phi) is 5.93. The Morgan fingerprint density at radius 2 is 1.84 bits per heavy atom. The van der Waals surface area contributed by atoms with Crippen LogP contribution in [0, 0.1) is 0 Å². The number of morpholine rings is 1. The van der Waals surface area contributed by atoms with Gasteiger partial charge in [0.1, 0.15) is 5.52 Å². The van der Waals surface area contributed by atoms with Crippen molar-refractivity contribution < 1.29 is 22.4 Å². The van der Waals surface area contributed by atoms with Gasteiger partial charge in [-0.2, -0.15) is 4.31 Å². The quantitative estimate of drug-likeness (QED) is 0.526. The van der Waals surface area contributed by atoms with Crippen LogP contribution in [0.15, 0.2) is 57.0 Å². The smallest absolute Gasteiger partial charge is 0.257 e. The number of hydrogen-bond acceptors (Lipinski definition) is 7. The molecule has 3 aromatic rings. The van der Waals surface area contributed by atoms with Gasteiger partial charge in [-0.15, -0.1) is 0 Å². The van der Waals surface area contributed by atoms with E-state index in [2.05, 4.69) is 17.1 Å². The number of rotatable bonds is 5. The lowest BCUT2D eigenvalue weighted by atomic mass is 10.00. The molecule has 0 saturated carbocycles. The van der Waals surface area contributed by atoms with Crippen LogP contribution >= 0.6 is 11.8 Å². The number of amides is 1. The van der Waals surface area contributed by atoms with Gasteiger partial charge in [-0.25, -0.2) is 13.4 Å². The third-order valence-corrected chi connectivity index (χ3v) is 8.46. The van der Waals surface area contributed by atoms with E-state index in [9.17, 15) is 13.2 Å². The van der Waals surface area contributed by atoms with Crippen molar-refractivity contribution in [2.24, 2.45) is 0 Å². The third-order valence-electron chi connectivity index (χ3n) is 5.75. The first-order chi connectivity index (χ1) is 15.5. The van der Waals surface area contributed by atoms with Crippen LogP contribution in [0.2, 0.25) is 0 Å². The second-order valence-electron chi connectivity index (χ2n) is 7.75. The van der Waals surface area contributed by atoms with Crippen LogP contribution in [0.3, 0.4) is 0 Å². The molecule has 0 N–H and O–H groups in total. The Bertz CT molecular complexity index is 1250. The predicted molar refractivity (Wildman–Crippen MR) is 120 cm³/mol. The summed E-state index contributed by atoms with van der Waals surface area (Å²) in [6.07, 6.45) is 0.857. The fourth-order valence-corrected chi connectivity index (χ4v) is 6.14. The molecule has 2 aliphatic rings. The number of thioether (sulfide) groups is 1. The minimum Gasteiger partial charge on any atom is -0.431 e. The molecule has 5 rings (SSSR count). The lowest BCUT2D eigenvalue weighted by molar-refractivity contribution is -0.129. The van der Waals surface area contributed by atoms with Gasteiger partial charge in [-0.05, 0) is 35.7 Å². The molecule has 1 fully saturated rings. The van der Waals surface area contributed by atoms with E-state index in [-0.39, 0.29) is 16.6 Å². The number of aromatic nitrogens is 1. The molecule has 0 aliphatic carbocycles. The van der Waals surface area contributed by atoms with E-state index in [1.54, 1.807) is 6.07 Å². The Hall–Kier alpha value is -2.40. The Morgan fingerprint density at radius 1 is 1.06 bits per heavy atom. The van der Waals surface area contributed by atoms with Crippen LogP contribution in [-0.2, 0) is 32.5 Å². The van der Waals surface area contributed by atoms with Crippen LogP contribution in [-0.4, -0.2) is 67.1 Å². The number of carbonyl (C=O) groups is 1. The topological polar surface area (TPSA) is 92.9 Å². The largest absolute Gasteiger partial charge is 0.431 e. The molecule has 3 heterocycles. The SMILES string of the molecule is O=C(CSc1nc2cc(S(=O)(=O)N3CCOCC3)ccc2o1)N1CCc2ccccc2C1. The first-order valence-electron chi connectivity index (χ1n) is 10.5. The van der Waals surface area contributed by atoms with E-state index in [1.165, 1.54) is 39.3 Å². The van der Waals surface area contributed by atoms with Crippen molar-refractivity contribution in [1.29, 1.82) is 0 Å². The molecule has 1 saturated heterocycles. The molecule has 10 heteroatoms. The Balaban J connectivity index is 1.26. The Labute approximate surface area is 190 Å². The fraction of sp³-hybridized carbons (Fsp3) is 0.364. The normalized spacial score (nSPS) is 17.4. The van der Waals surface area contributed by atoms with Gasteiger partial charge in [0, 0.05) is 26.2 Å². The molecule has 1 aromatic heterocycles. The highest BCUT2D eigenvalue weighted by molar-refractivity contribution is 7.99. The van der Waals surface area contributed by atoms with Gasteiger partial charge in [0.2, 0.25) is 15.9 Å². The molecule has 1 amide bonds. The van der Waals surface area contributed by atoms with Crippen molar-refractivity contribution in [1.82, 2.24) is 14.2 Å². The number of hydrogen-bond donors (Lipinski definition) is 0. The summed E-state index contributed by atoms with van der Waals surface area (Å²) in [6, 6.07) is 12.9. The average Bonchev–Trinajstić information content (AvgIpc) is 3.25. The van der Waals surface area contributed by atoms with Crippen LogP contribution < -0.4 is 0 Å². The molecular weight excluding hydrogens is 450 g/mol. The van der Waals surface area contributed by atoms with E-state index in [0.717, 1.165) is 6.42 Å². The van der Waals surface area contributed by atoms with E-state index in [1.807, 2.05) is 17.0 Å². The zero-order valence-electron chi connectivity index (χ0n) is 17.4. The summed E-state index contributed by atoms with van der Waals surface area (Å²) in [5.74, 6) is 0.246. The molecule has 0 radical (unpaired) electrons. The van der Waals surface area contributed by atoms with Gasteiger partial charge in [-0.1, -0.05) is 36.0 Å². The van der Waals surface area contributed by atoms with Crippen molar-refractivity contribution in [3.8, 4) is 0 Å². The van der Waals surface area contributed by atoms with Crippen LogP contribution in [0.5, 0.6) is 0 Å². The van der Waals surface area contributed by atoms with Gasteiger partial charge in [0.25, 0.3) is 5.22 Å². The number of fused-ring (bicyclic) bond motifs is 2. The Morgan fingerprint density at radius 3 is 2.66 bits per heavy atom. The van der Waals surface area contributed by atoms with Crippen LogP contribution in [0.25, 0.3) is 11.1 Å². The number of nitrogens with zero attached hydrogens (tertiary/aromatic N) is 3. The van der Waals surface area contributed by atoms with Gasteiger partial charge in [0.15, 0.2) is 5.58 Å². The standard InChI is InChI=1S/C22H23N3O5S2/c26-21(24-8-7-16-3-1-2-4-17(16)14-24)15-31-22-23-19-13-18(5-6-20(19)30-22)32(27,28)25-9-11-29-12-10-25/h1-6,13H,7-12,14-15H2. The third kappa shape index (κ3) is 4.27. The van der Waals surface area contributed by atoms with Crippen molar-refractivity contribution in [2.45, 2.75) is 23.1 Å². The van der Waals surface area contributed by atoms with Gasteiger partial charge >= 0.3 is 0 Å². The number of carbonyl (C=O) groups excluding carboxylic acids is 1. The second-order valence-corrected chi connectivity index (χ2v) is 10.6. The van der Waals surface area contributed by atoms with Gasteiger partial charge in [-0.3, -0.25) is 4.79 Å². The van der Waals surface area contributed by atoms with E-state index in [0.29, 0.717) is 55.7 Å². The first-order valence-corrected chi connectivity index (χ1v) is 12.9. The van der Waals surface area contributed by atoms with E-state index in [4.69, 9.17) is 9.15 Å². The summed E-state index contributed by atoms with van der Waals surface area (Å²) in [4.78, 5) is 19.1. The second kappa shape index (κ2) is 8.86. The van der Waals surface area contributed by atoms with E-state index < -0.39 is 10.0 Å². The summed E-state index contributed by atoms with van der Waals surface area (Å²) >= 11 is 1.23. The molecule has 0 bridgehead atoms. The first kappa shape index (κ1) is 21.4. The molecular formula is C22H23N3O5S2. The highest BCUT2D eigenvalue weighted by atomic mass is 32.2. The molecule has 0 unspecified atom stereocenters. The summed E-state index contributed by atoms with van der Waals surface area (Å²) < 4.78 is 38.1. The number of oxazole rings is 1. The maximum atomic E-state index is 12.9. The zero-order valence-corrected chi connectivity index (χ0v) is 19.0. The minimum atomic E-state index is -3.60. The lowest BCUT2D eigenvalue weighted by Gasteiger charge is -2.28. The molecule has 2 aliphatic heterocycles. The monoisotopic (exact) mass is 473 g/mol. The maximum Gasteiger partial charge on any atom is 0.257 e. The number of benzene rings is 2.